The molecule has 0 aliphatic heterocycles. The molecule has 2 aromatic rings. The van der Waals surface area contributed by atoms with E-state index in [1.807, 2.05) is 0 Å². The van der Waals surface area contributed by atoms with Crippen molar-refractivity contribution in [2.45, 2.75) is 0 Å². The van der Waals surface area contributed by atoms with Crippen LogP contribution in [-0.2, 0) is 0 Å². The highest BCUT2D eigenvalue weighted by molar-refractivity contribution is 9.10. The van der Waals surface area contributed by atoms with Crippen LogP contribution in [0.5, 0.6) is 0 Å². The van der Waals surface area contributed by atoms with Gasteiger partial charge >= 0.3 is 0 Å². The third-order valence-electron chi connectivity index (χ3n) is 2.48. The lowest BCUT2D eigenvalue weighted by Gasteiger charge is -2.01. The maximum Gasteiger partial charge on any atom is 0.187 e. The summed E-state index contributed by atoms with van der Waals surface area (Å²) in [4.78, 5) is 11.8. The van der Waals surface area contributed by atoms with Crippen LogP contribution >= 0.6 is 15.9 Å². The Hall–Kier alpha value is -1.94. The number of anilines is 1. The fraction of sp³-hybridized carbons (Fsp3) is 0. The van der Waals surface area contributed by atoms with Crippen molar-refractivity contribution in [3.63, 3.8) is 0 Å². The van der Waals surface area contributed by atoms with Gasteiger partial charge in [0.15, 0.2) is 5.78 Å². The van der Waals surface area contributed by atoms with Gasteiger partial charge in [-0.1, -0.05) is 28.1 Å². The maximum atomic E-state index is 13.3. The van der Waals surface area contributed by atoms with Crippen molar-refractivity contribution in [1.82, 2.24) is 0 Å². The zero-order valence-corrected chi connectivity index (χ0v) is 11.5. The van der Waals surface area contributed by atoms with E-state index >= 15 is 0 Å². The number of rotatable bonds is 4. The van der Waals surface area contributed by atoms with Gasteiger partial charge in [-0.2, -0.15) is 0 Å². The van der Waals surface area contributed by atoms with Crippen molar-refractivity contribution in [1.29, 1.82) is 0 Å². The first kappa shape index (κ1) is 13.5. The van der Waals surface area contributed by atoms with Gasteiger partial charge in [-0.3, -0.25) is 4.79 Å². The van der Waals surface area contributed by atoms with Crippen molar-refractivity contribution in [2.24, 2.45) is 0 Å². The van der Waals surface area contributed by atoms with E-state index in [1.54, 1.807) is 42.5 Å². The van der Waals surface area contributed by atoms with Crippen molar-refractivity contribution in [2.75, 3.05) is 5.32 Å². The number of carbonyl (C=O) groups excluding carboxylic acids is 1. The zero-order chi connectivity index (χ0) is 13.7. The van der Waals surface area contributed by atoms with Crippen molar-refractivity contribution in [3.8, 4) is 0 Å². The minimum Gasteiger partial charge on any atom is -0.359 e. The second kappa shape index (κ2) is 6.29. The van der Waals surface area contributed by atoms with Gasteiger partial charge in [0.25, 0.3) is 0 Å². The van der Waals surface area contributed by atoms with Crippen LogP contribution in [0.15, 0.2) is 65.3 Å². The molecule has 2 aromatic carbocycles. The summed E-state index contributed by atoms with van der Waals surface area (Å²) in [6.45, 7) is 0. The molecule has 0 saturated heterocycles. The van der Waals surface area contributed by atoms with E-state index in [-0.39, 0.29) is 11.6 Å². The number of para-hydroxylation sites is 1. The Morgan fingerprint density at radius 2 is 1.79 bits per heavy atom. The summed E-state index contributed by atoms with van der Waals surface area (Å²) < 4.78 is 14.2. The molecule has 0 fully saturated rings. The molecule has 0 spiro atoms. The summed E-state index contributed by atoms with van der Waals surface area (Å²) in [5.41, 5.74) is 0.914. The van der Waals surface area contributed by atoms with Crippen molar-refractivity contribution < 1.29 is 9.18 Å². The fourth-order valence-electron chi connectivity index (χ4n) is 1.50. The van der Waals surface area contributed by atoms with Crippen LogP contribution in [0.2, 0.25) is 0 Å². The van der Waals surface area contributed by atoms with E-state index in [2.05, 4.69) is 21.2 Å². The van der Waals surface area contributed by atoms with E-state index in [9.17, 15) is 9.18 Å². The Bertz CT molecular complexity index is 608. The molecule has 0 atom stereocenters. The highest BCUT2D eigenvalue weighted by atomic mass is 79.9. The van der Waals surface area contributed by atoms with Crippen LogP contribution in [0.3, 0.4) is 0 Å². The summed E-state index contributed by atoms with van der Waals surface area (Å²) in [6.07, 6.45) is 2.80. The molecule has 19 heavy (non-hydrogen) atoms. The number of hydrogen-bond donors (Lipinski definition) is 1. The van der Waals surface area contributed by atoms with Crippen LogP contribution in [0.1, 0.15) is 10.4 Å². The number of nitrogens with one attached hydrogen (secondary N) is 1. The van der Waals surface area contributed by atoms with Gasteiger partial charge in [-0.25, -0.2) is 4.39 Å². The molecule has 2 nitrogen and oxygen atoms in total. The Morgan fingerprint density at radius 1 is 1.11 bits per heavy atom. The summed E-state index contributed by atoms with van der Waals surface area (Å²) >= 11 is 3.30. The predicted molar refractivity (Wildman–Crippen MR) is 77.6 cm³/mol. The summed E-state index contributed by atoms with van der Waals surface area (Å²) in [7, 11) is 0. The first-order valence-corrected chi connectivity index (χ1v) is 6.43. The first-order valence-electron chi connectivity index (χ1n) is 5.64. The second-order valence-corrected chi connectivity index (χ2v) is 4.74. The van der Waals surface area contributed by atoms with Crippen LogP contribution in [0, 0.1) is 5.82 Å². The Labute approximate surface area is 119 Å². The minimum atomic E-state index is -0.358. The molecule has 0 aromatic heterocycles. The Balaban J connectivity index is 2.01. The summed E-state index contributed by atoms with van der Waals surface area (Å²) in [5, 5.41) is 2.74. The third-order valence-corrected chi connectivity index (χ3v) is 3.00. The second-order valence-electron chi connectivity index (χ2n) is 3.83. The van der Waals surface area contributed by atoms with Gasteiger partial charge in [-0.05, 0) is 36.4 Å². The normalized spacial score (nSPS) is 10.6. The molecule has 0 bridgehead atoms. The van der Waals surface area contributed by atoms with Crippen molar-refractivity contribution in [3.05, 3.63) is 76.7 Å². The van der Waals surface area contributed by atoms with Gasteiger partial charge in [-0.15, -0.1) is 0 Å². The van der Waals surface area contributed by atoms with E-state index < -0.39 is 0 Å². The number of ketones is 1. The highest BCUT2D eigenvalue weighted by Crippen LogP contribution is 2.13. The smallest absolute Gasteiger partial charge is 0.187 e. The van der Waals surface area contributed by atoms with Crippen LogP contribution in [0.25, 0.3) is 0 Å². The molecule has 96 valence electrons. The number of allylic oxidation sites excluding steroid dienone is 1. The van der Waals surface area contributed by atoms with Gasteiger partial charge in [0, 0.05) is 22.3 Å². The summed E-state index contributed by atoms with van der Waals surface area (Å²) in [5.74, 6) is -0.500. The van der Waals surface area contributed by atoms with Gasteiger partial charge in [0.05, 0.1) is 5.69 Å². The molecule has 0 radical (unpaired) electrons. The molecule has 0 unspecified atom stereocenters. The van der Waals surface area contributed by atoms with Crippen molar-refractivity contribution >= 4 is 27.4 Å². The first-order chi connectivity index (χ1) is 9.16. The molecule has 2 rings (SSSR count). The largest absolute Gasteiger partial charge is 0.359 e. The molecule has 4 heteroatoms. The SMILES string of the molecule is O=C(/C=C/Nc1ccccc1F)c1ccc(Br)cc1. The van der Waals surface area contributed by atoms with E-state index in [4.69, 9.17) is 0 Å². The highest BCUT2D eigenvalue weighted by Gasteiger charge is 2.01. The lowest BCUT2D eigenvalue weighted by molar-refractivity contribution is 0.104. The molecular formula is C15H11BrFNO. The molecule has 0 saturated carbocycles. The van der Waals surface area contributed by atoms with E-state index in [1.165, 1.54) is 18.3 Å². The van der Waals surface area contributed by atoms with Gasteiger partial charge in [0.1, 0.15) is 5.82 Å². The average molecular weight is 320 g/mol. The molecular weight excluding hydrogens is 309 g/mol. The molecule has 0 amide bonds. The van der Waals surface area contributed by atoms with Crippen LogP contribution < -0.4 is 5.32 Å². The van der Waals surface area contributed by atoms with E-state index in [0.717, 1.165) is 4.47 Å². The molecule has 0 aliphatic rings. The number of halogens is 2. The lowest BCUT2D eigenvalue weighted by Crippen LogP contribution is -1.97. The zero-order valence-electron chi connectivity index (χ0n) is 9.94. The standard InChI is InChI=1S/C15H11BrFNO/c16-12-7-5-11(6-8-12)15(19)9-10-18-14-4-2-1-3-13(14)17/h1-10,18H/b10-9+. The van der Waals surface area contributed by atoms with Crippen LogP contribution in [0.4, 0.5) is 10.1 Å². The molecule has 1 N–H and O–H groups in total. The van der Waals surface area contributed by atoms with Gasteiger partial charge in [0.2, 0.25) is 0 Å². The quantitative estimate of drug-likeness (QED) is 0.668. The fourth-order valence-corrected chi connectivity index (χ4v) is 1.76. The monoisotopic (exact) mass is 319 g/mol. The number of hydrogen-bond acceptors (Lipinski definition) is 2. The van der Waals surface area contributed by atoms with E-state index in [0.29, 0.717) is 11.3 Å². The Kier molecular flexibility index (Phi) is 4.47. The molecule has 0 heterocycles. The van der Waals surface area contributed by atoms with Gasteiger partial charge < -0.3 is 5.32 Å². The number of benzene rings is 2. The molecule has 0 aliphatic carbocycles. The third kappa shape index (κ3) is 3.76. The topological polar surface area (TPSA) is 29.1 Å². The lowest BCUT2D eigenvalue weighted by atomic mass is 10.1. The minimum absolute atomic E-state index is 0.142. The summed E-state index contributed by atoms with van der Waals surface area (Å²) in [6, 6.07) is 13.3. The average Bonchev–Trinajstić information content (AvgIpc) is 2.41. The maximum absolute atomic E-state index is 13.3. The predicted octanol–water partition coefficient (Wildman–Crippen LogP) is 4.40. The Morgan fingerprint density at radius 3 is 2.47 bits per heavy atom. The van der Waals surface area contributed by atoms with Crippen LogP contribution in [-0.4, -0.2) is 5.78 Å². The number of carbonyl (C=O) groups is 1.